The van der Waals surface area contributed by atoms with Crippen LogP contribution in [-0.4, -0.2) is 28.8 Å². The van der Waals surface area contributed by atoms with Gasteiger partial charge < -0.3 is 10.2 Å². The average molecular weight is 431 g/mol. The lowest BCUT2D eigenvalue weighted by molar-refractivity contribution is -0.140. The molecule has 6 heteroatoms. The molecule has 1 saturated carbocycles. The monoisotopic (exact) mass is 430 g/mol. The third kappa shape index (κ3) is 6.05. The van der Waals surface area contributed by atoms with Gasteiger partial charge in [-0.05, 0) is 43.5 Å². The molecule has 1 fully saturated rings. The van der Waals surface area contributed by atoms with E-state index in [2.05, 4.69) is 5.32 Å². The van der Waals surface area contributed by atoms with Crippen molar-refractivity contribution in [1.29, 1.82) is 0 Å². The van der Waals surface area contributed by atoms with E-state index in [9.17, 15) is 14.0 Å². The van der Waals surface area contributed by atoms with Crippen LogP contribution in [0.5, 0.6) is 0 Å². The summed E-state index contributed by atoms with van der Waals surface area (Å²) in [6.07, 6.45) is 5.45. The Morgan fingerprint density at radius 3 is 2.43 bits per heavy atom. The van der Waals surface area contributed by atoms with Gasteiger partial charge in [0.1, 0.15) is 11.9 Å². The molecule has 0 spiro atoms. The molecular weight excluding hydrogens is 403 g/mol. The Labute approximate surface area is 182 Å². The van der Waals surface area contributed by atoms with Crippen LogP contribution in [0, 0.1) is 5.82 Å². The standard InChI is InChI=1S/C24H28ClFN2O2/c1-17(24(30)27-21-8-3-2-4-9-21)28(16-19-7-5-6-10-22(19)26)23(29)15-18-11-13-20(25)14-12-18/h5-7,10-14,17,21H,2-4,8-9,15-16H2,1H3,(H,27,30)/t17-/m0/s1. The Morgan fingerprint density at radius 2 is 1.77 bits per heavy atom. The Hall–Kier alpha value is -2.40. The minimum Gasteiger partial charge on any atom is -0.352 e. The Balaban J connectivity index is 1.76. The zero-order chi connectivity index (χ0) is 21.5. The fourth-order valence-electron chi connectivity index (χ4n) is 3.84. The molecule has 0 bridgehead atoms. The topological polar surface area (TPSA) is 49.4 Å². The maximum absolute atomic E-state index is 14.3. The summed E-state index contributed by atoms with van der Waals surface area (Å²) in [5.74, 6) is -0.809. The van der Waals surface area contributed by atoms with E-state index in [1.807, 2.05) is 0 Å². The van der Waals surface area contributed by atoms with Crippen LogP contribution in [0.15, 0.2) is 48.5 Å². The molecule has 3 rings (SSSR count). The van der Waals surface area contributed by atoms with E-state index in [0.29, 0.717) is 10.6 Å². The average Bonchev–Trinajstić information content (AvgIpc) is 2.75. The maximum atomic E-state index is 14.3. The van der Waals surface area contributed by atoms with Crippen LogP contribution in [0.3, 0.4) is 0 Å². The first-order chi connectivity index (χ1) is 14.4. The summed E-state index contributed by atoms with van der Waals surface area (Å²) in [4.78, 5) is 27.5. The van der Waals surface area contributed by atoms with Gasteiger partial charge in [-0.15, -0.1) is 0 Å². The zero-order valence-corrected chi connectivity index (χ0v) is 18.0. The fourth-order valence-corrected chi connectivity index (χ4v) is 3.97. The Kier molecular flexibility index (Phi) is 7.86. The lowest BCUT2D eigenvalue weighted by Gasteiger charge is -2.31. The predicted molar refractivity (Wildman–Crippen MR) is 117 cm³/mol. The van der Waals surface area contributed by atoms with Crippen molar-refractivity contribution >= 4 is 23.4 Å². The highest BCUT2D eigenvalue weighted by Gasteiger charge is 2.28. The maximum Gasteiger partial charge on any atom is 0.242 e. The summed E-state index contributed by atoms with van der Waals surface area (Å²) in [5, 5.41) is 3.67. The molecule has 0 aliphatic heterocycles. The summed E-state index contributed by atoms with van der Waals surface area (Å²) < 4.78 is 14.3. The van der Waals surface area contributed by atoms with Crippen LogP contribution >= 0.6 is 11.6 Å². The van der Waals surface area contributed by atoms with E-state index < -0.39 is 6.04 Å². The van der Waals surface area contributed by atoms with Crippen molar-refractivity contribution in [3.63, 3.8) is 0 Å². The van der Waals surface area contributed by atoms with E-state index in [-0.39, 0.29) is 36.6 Å². The second kappa shape index (κ2) is 10.6. The fraction of sp³-hybridized carbons (Fsp3) is 0.417. The highest BCUT2D eigenvalue weighted by molar-refractivity contribution is 6.30. The summed E-state index contributed by atoms with van der Waals surface area (Å²) in [5.41, 5.74) is 1.18. The number of benzene rings is 2. The molecular formula is C24H28ClFN2O2. The molecule has 2 aromatic rings. The molecule has 1 N–H and O–H groups in total. The Morgan fingerprint density at radius 1 is 1.10 bits per heavy atom. The van der Waals surface area contributed by atoms with Crippen molar-refractivity contribution in [1.82, 2.24) is 10.2 Å². The van der Waals surface area contributed by atoms with Gasteiger partial charge in [0.05, 0.1) is 6.42 Å². The second-order valence-corrected chi connectivity index (χ2v) is 8.37. The molecule has 160 valence electrons. The molecule has 1 aliphatic carbocycles. The minimum atomic E-state index is -0.702. The molecule has 0 aromatic heterocycles. The van der Waals surface area contributed by atoms with E-state index in [0.717, 1.165) is 31.2 Å². The van der Waals surface area contributed by atoms with Crippen molar-refractivity contribution in [2.45, 2.75) is 64.1 Å². The Bertz CT molecular complexity index is 866. The molecule has 0 saturated heterocycles. The van der Waals surface area contributed by atoms with Gasteiger partial charge in [-0.25, -0.2) is 4.39 Å². The van der Waals surface area contributed by atoms with Crippen molar-refractivity contribution in [2.24, 2.45) is 0 Å². The van der Waals surface area contributed by atoms with Crippen molar-refractivity contribution < 1.29 is 14.0 Å². The lowest BCUT2D eigenvalue weighted by Crippen LogP contribution is -2.50. The van der Waals surface area contributed by atoms with Gasteiger partial charge in [-0.3, -0.25) is 9.59 Å². The first-order valence-corrected chi connectivity index (χ1v) is 10.9. The van der Waals surface area contributed by atoms with Gasteiger partial charge in [0.15, 0.2) is 0 Å². The van der Waals surface area contributed by atoms with Crippen LogP contribution in [0.2, 0.25) is 5.02 Å². The number of rotatable bonds is 7. The zero-order valence-electron chi connectivity index (χ0n) is 17.2. The number of carbonyl (C=O) groups excluding carboxylic acids is 2. The van der Waals surface area contributed by atoms with Gasteiger partial charge >= 0.3 is 0 Å². The summed E-state index contributed by atoms with van der Waals surface area (Å²) >= 11 is 5.93. The molecule has 2 amide bonds. The first-order valence-electron chi connectivity index (χ1n) is 10.5. The molecule has 4 nitrogen and oxygen atoms in total. The number of halogens is 2. The van der Waals surface area contributed by atoms with E-state index in [1.54, 1.807) is 49.4 Å². The molecule has 0 heterocycles. The summed E-state index contributed by atoms with van der Waals surface area (Å²) in [6.45, 7) is 1.75. The highest BCUT2D eigenvalue weighted by Crippen LogP contribution is 2.19. The lowest BCUT2D eigenvalue weighted by atomic mass is 9.95. The van der Waals surface area contributed by atoms with Gasteiger partial charge in [-0.1, -0.05) is 61.2 Å². The number of nitrogens with zero attached hydrogens (tertiary/aromatic N) is 1. The molecule has 0 unspecified atom stereocenters. The van der Waals surface area contributed by atoms with Gasteiger partial charge in [0, 0.05) is 23.2 Å². The third-order valence-corrected chi connectivity index (χ3v) is 5.94. The number of nitrogens with one attached hydrogen (secondary N) is 1. The third-order valence-electron chi connectivity index (χ3n) is 5.69. The van der Waals surface area contributed by atoms with E-state index in [4.69, 9.17) is 11.6 Å². The number of carbonyl (C=O) groups is 2. The highest BCUT2D eigenvalue weighted by atomic mass is 35.5. The molecule has 2 aromatic carbocycles. The van der Waals surface area contributed by atoms with Crippen LogP contribution in [0.25, 0.3) is 0 Å². The molecule has 1 atom stereocenters. The molecule has 30 heavy (non-hydrogen) atoms. The first kappa shape index (κ1) is 22.3. The van der Waals surface area contributed by atoms with Crippen LogP contribution < -0.4 is 5.32 Å². The van der Waals surface area contributed by atoms with Crippen molar-refractivity contribution in [3.05, 3.63) is 70.5 Å². The van der Waals surface area contributed by atoms with E-state index >= 15 is 0 Å². The summed E-state index contributed by atoms with van der Waals surface area (Å²) in [6, 6.07) is 12.8. The minimum absolute atomic E-state index is 0.0400. The number of hydrogen-bond donors (Lipinski definition) is 1. The van der Waals surface area contributed by atoms with Gasteiger partial charge in [0.2, 0.25) is 11.8 Å². The van der Waals surface area contributed by atoms with Crippen molar-refractivity contribution in [2.75, 3.05) is 0 Å². The molecule has 0 radical (unpaired) electrons. The van der Waals surface area contributed by atoms with E-state index in [1.165, 1.54) is 17.4 Å². The quantitative estimate of drug-likeness (QED) is 0.680. The second-order valence-electron chi connectivity index (χ2n) is 7.94. The van der Waals surface area contributed by atoms with Crippen molar-refractivity contribution in [3.8, 4) is 0 Å². The SMILES string of the molecule is C[C@@H](C(=O)NC1CCCCC1)N(Cc1ccccc1F)C(=O)Cc1ccc(Cl)cc1. The van der Waals surface area contributed by atoms with Crippen LogP contribution in [0.4, 0.5) is 4.39 Å². The number of amides is 2. The smallest absolute Gasteiger partial charge is 0.242 e. The molecule has 1 aliphatic rings. The number of hydrogen-bond acceptors (Lipinski definition) is 2. The normalized spacial score (nSPS) is 15.4. The largest absolute Gasteiger partial charge is 0.352 e. The van der Waals surface area contributed by atoms with Crippen LogP contribution in [0.1, 0.15) is 50.2 Å². The van der Waals surface area contributed by atoms with Gasteiger partial charge in [-0.2, -0.15) is 0 Å². The predicted octanol–water partition coefficient (Wildman–Crippen LogP) is 4.89. The van der Waals surface area contributed by atoms with Crippen LogP contribution in [-0.2, 0) is 22.6 Å². The summed E-state index contributed by atoms with van der Waals surface area (Å²) in [7, 11) is 0. The van der Waals surface area contributed by atoms with Gasteiger partial charge in [0.25, 0.3) is 0 Å².